The summed E-state index contributed by atoms with van der Waals surface area (Å²) in [6.45, 7) is 0. The largest absolute Gasteiger partial charge is 0.417 e. The summed E-state index contributed by atoms with van der Waals surface area (Å²) in [5, 5.41) is 5.09. The van der Waals surface area contributed by atoms with Gasteiger partial charge in [0.1, 0.15) is 0 Å². The van der Waals surface area contributed by atoms with Gasteiger partial charge in [-0.15, -0.1) is 11.8 Å². The predicted molar refractivity (Wildman–Crippen MR) is 85.2 cm³/mol. The summed E-state index contributed by atoms with van der Waals surface area (Å²) in [7, 11) is 0. The van der Waals surface area contributed by atoms with Crippen LogP contribution in [0.3, 0.4) is 0 Å². The summed E-state index contributed by atoms with van der Waals surface area (Å²) in [4.78, 5) is 24.4. The number of nitrogens with one attached hydrogen (secondary N) is 2. The first kappa shape index (κ1) is 16.4. The molecule has 2 N–H and O–H groups in total. The molecule has 0 atom stereocenters. The SMILES string of the molecule is O=C1CSc2ccc(NC(=O)c3ccccc3C(F)(F)F)cc2N1. The molecule has 24 heavy (non-hydrogen) atoms. The fourth-order valence-corrected chi connectivity index (χ4v) is 3.08. The molecule has 2 amide bonds. The summed E-state index contributed by atoms with van der Waals surface area (Å²) in [6, 6.07) is 9.38. The summed E-state index contributed by atoms with van der Waals surface area (Å²) >= 11 is 1.35. The normalized spacial score (nSPS) is 13.9. The molecule has 0 unspecified atom stereocenters. The van der Waals surface area contributed by atoms with Crippen molar-refractivity contribution in [3.8, 4) is 0 Å². The number of thioether (sulfide) groups is 1. The van der Waals surface area contributed by atoms with Crippen molar-refractivity contribution >= 4 is 35.0 Å². The van der Waals surface area contributed by atoms with E-state index in [9.17, 15) is 22.8 Å². The third-order valence-electron chi connectivity index (χ3n) is 3.35. The van der Waals surface area contributed by atoms with Crippen LogP contribution in [-0.2, 0) is 11.0 Å². The highest BCUT2D eigenvalue weighted by molar-refractivity contribution is 8.00. The lowest BCUT2D eigenvalue weighted by molar-refractivity contribution is -0.137. The van der Waals surface area contributed by atoms with Gasteiger partial charge in [0, 0.05) is 10.6 Å². The molecule has 1 aliphatic rings. The van der Waals surface area contributed by atoms with E-state index in [1.165, 1.54) is 30.0 Å². The van der Waals surface area contributed by atoms with Gasteiger partial charge in [-0.05, 0) is 30.3 Å². The maximum absolute atomic E-state index is 13.0. The first-order valence-corrected chi connectivity index (χ1v) is 7.87. The number of carbonyl (C=O) groups excluding carboxylic acids is 2. The standard InChI is InChI=1S/C16H11F3N2O2S/c17-16(18,19)11-4-2-1-3-10(11)15(23)20-9-5-6-13-12(7-9)21-14(22)8-24-13/h1-7H,8H2,(H,20,23)(H,21,22). The van der Waals surface area contributed by atoms with Crippen molar-refractivity contribution in [2.24, 2.45) is 0 Å². The smallest absolute Gasteiger partial charge is 0.324 e. The van der Waals surface area contributed by atoms with Gasteiger partial charge >= 0.3 is 6.18 Å². The van der Waals surface area contributed by atoms with Crippen LogP contribution in [0.25, 0.3) is 0 Å². The molecule has 2 aromatic rings. The molecule has 0 saturated carbocycles. The van der Waals surface area contributed by atoms with Crippen LogP contribution in [0.15, 0.2) is 47.4 Å². The molecule has 1 heterocycles. The number of halogens is 3. The van der Waals surface area contributed by atoms with Crippen LogP contribution in [0, 0.1) is 0 Å². The molecule has 124 valence electrons. The van der Waals surface area contributed by atoms with E-state index >= 15 is 0 Å². The zero-order chi connectivity index (χ0) is 17.3. The topological polar surface area (TPSA) is 58.2 Å². The molecule has 0 aromatic heterocycles. The summed E-state index contributed by atoms with van der Waals surface area (Å²) in [5.74, 6) is -0.728. The first-order chi connectivity index (χ1) is 11.3. The van der Waals surface area contributed by atoms with Crippen molar-refractivity contribution in [2.75, 3.05) is 16.4 Å². The fraction of sp³-hybridized carbons (Fsp3) is 0.125. The van der Waals surface area contributed by atoms with Crippen molar-refractivity contribution < 1.29 is 22.8 Å². The zero-order valence-electron chi connectivity index (χ0n) is 12.1. The van der Waals surface area contributed by atoms with Gasteiger partial charge in [-0.2, -0.15) is 13.2 Å². The van der Waals surface area contributed by atoms with Gasteiger partial charge in [0.05, 0.1) is 22.6 Å². The van der Waals surface area contributed by atoms with E-state index in [0.717, 1.165) is 17.0 Å². The number of alkyl halides is 3. The van der Waals surface area contributed by atoms with Crippen molar-refractivity contribution in [1.82, 2.24) is 0 Å². The van der Waals surface area contributed by atoms with Gasteiger partial charge in [-0.3, -0.25) is 9.59 Å². The van der Waals surface area contributed by atoms with E-state index in [2.05, 4.69) is 10.6 Å². The Balaban J connectivity index is 1.86. The Kier molecular flexibility index (Phi) is 4.23. The zero-order valence-corrected chi connectivity index (χ0v) is 12.9. The van der Waals surface area contributed by atoms with Crippen molar-refractivity contribution in [2.45, 2.75) is 11.1 Å². The highest BCUT2D eigenvalue weighted by Crippen LogP contribution is 2.34. The Labute approximate surface area is 139 Å². The Hall–Kier alpha value is -2.48. The summed E-state index contributed by atoms with van der Waals surface area (Å²) < 4.78 is 39.0. The third kappa shape index (κ3) is 3.38. The third-order valence-corrected chi connectivity index (χ3v) is 4.42. The molecular weight excluding hydrogens is 341 g/mol. The minimum Gasteiger partial charge on any atom is -0.324 e. The average Bonchev–Trinajstić information content (AvgIpc) is 2.53. The average molecular weight is 352 g/mol. The number of benzene rings is 2. The second kappa shape index (κ2) is 6.20. The maximum atomic E-state index is 13.0. The Bertz CT molecular complexity index is 821. The highest BCUT2D eigenvalue weighted by atomic mass is 32.2. The summed E-state index contributed by atoms with van der Waals surface area (Å²) in [6.07, 6.45) is -4.62. The number of hydrogen-bond acceptors (Lipinski definition) is 3. The molecule has 0 radical (unpaired) electrons. The van der Waals surface area contributed by atoms with Gasteiger partial charge in [-0.1, -0.05) is 12.1 Å². The monoisotopic (exact) mass is 352 g/mol. The molecule has 3 rings (SSSR count). The lowest BCUT2D eigenvalue weighted by Gasteiger charge is -2.18. The molecule has 0 saturated heterocycles. The van der Waals surface area contributed by atoms with Gasteiger partial charge in [-0.25, -0.2) is 0 Å². The summed E-state index contributed by atoms with van der Waals surface area (Å²) in [5.41, 5.74) is -0.623. The molecule has 0 bridgehead atoms. The molecular formula is C16H11F3N2O2S. The van der Waals surface area contributed by atoms with Crippen LogP contribution < -0.4 is 10.6 Å². The molecule has 0 spiro atoms. The lowest BCUT2D eigenvalue weighted by atomic mass is 10.1. The van der Waals surface area contributed by atoms with Crippen LogP contribution in [0.1, 0.15) is 15.9 Å². The van der Waals surface area contributed by atoms with Crippen molar-refractivity contribution in [1.29, 1.82) is 0 Å². The Morgan fingerprint density at radius 1 is 1.17 bits per heavy atom. The quantitative estimate of drug-likeness (QED) is 0.859. The molecule has 0 fully saturated rings. The van der Waals surface area contributed by atoms with Crippen LogP contribution in [-0.4, -0.2) is 17.6 Å². The minimum atomic E-state index is -4.62. The second-order valence-electron chi connectivity index (χ2n) is 5.05. The Morgan fingerprint density at radius 3 is 2.67 bits per heavy atom. The van der Waals surface area contributed by atoms with E-state index in [4.69, 9.17) is 0 Å². The van der Waals surface area contributed by atoms with Crippen LogP contribution >= 0.6 is 11.8 Å². The van der Waals surface area contributed by atoms with Gasteiger partial charge in [0.15, 0.2) is 0 Å². The molecule has 8 heteroatoms. The van der Waals surface area contributed by atoms with Gasteiger partial charge in [0.25, 0.3) is 5.91 Å². The number of carbonyl (C=O) groups is 2. The van der Waals surface area contributed by atoms with E-state index in [1.807, 2.05) is 0 Å². The second-order valence-corrected chi connectivity index (χ2v) is 6.06. The van der Waals surface area contributed by atoms with E-state index in [1.54, 1.807) is 12.1 Å². The van der Waals surface area contributed by atoms with E-state index in [0.29, 0.717) is 17.1 Å². The van der Waals surface area contributed by atoms with Crippen molar-refractivity contribution in [3.05, 3.63) is 53.6 Å². The fourth-order valence-electron chi connectivity index (χ4n) is 2.29. The first-order valence-electron chi connectivity index (χ1n) is 6.89. The van der Waals surface area contributed by atoms with E-state index in [-0.39, 0.29) is 5.91 Å². The number of anilines is 2. The number of rotatable bonds is 2. The molecule has 1 aliphatic heterocycles. The molecule has 4 nitrogen and oxygen atoms in total. The van der Waals surface area contributed by atoms with Crippen LogP contribution in [0.2, 0.25) is 0 Å². The molecule has 2 aromatic carbocycles. The lowest BCUT2D eigenvalue weighted by Crippen LogP contribution is -2.20. The number of amides is 2. The Morgan fingerprint density at radius 2 is 1.92 bits per heavy atom. The maximum Gasteiger partial charge on any atom is 0.417 e. The van der Waals surface area contributed by atoms with Crippen molar-refractivity contribution in [3.63, 3.8) is 0 Å². The van der Waals surface area contributed by atoms with Crippen LogP contribution in [0.5, 0.6) is 0 Å². The number of hydrogen-bond donors (Lipinski definition) is 2. The van der Waals surface area contributed by atoms with Gasteiger partial charge < -0.3 is 10.6 Å². The highest BCUT2D eigenvalue weighted by Gasteiger charge is 2.34. The predicted octanol–water partition coefficient (Wildman–Crippen LogP) is 4.00. The van der Waals surface area contributed by atoms with Crippen LogP contribution in [0.4, 0.5) is 24.5 Å². The number of fused-ring (bicyclic) bond motifs is 1. The van der Waals surface area contributed by atoms with Gasteiger partial charge in [0.2, 0.25) is 5.91 Å². The minimum absolute atomic E-state index is 0.168. The molecule has 0 aliphatic carbocycles. The van der Waals surface area contributed by atoms with E-state index < -0.39 is 23.2 Å².